The van der Waals surface area contributed by atoms with Crippen LogP contribution in [0.1, 0.15) is 36.0 Å². The third kappa shape index (κ3) is 6.76. The Hall–Kier alpha value is -4.62. The molecule has 1 atom stereocenters. The first-order chi connectivity index (χ1) is 19.6. The van der Waals surface area contributed by atoms with Crippen molar-refractivity contribution >= 4 is 28.6 Å². The average Bonchev–Trinajstić information content (AvgIpc) is 3.33. The van der Waals surface area contributed by atoms with Crippen molar-refractivity contribution in [3.8, 4) is 6.07 Å². The predicted molar refractivity (Wildman–Crippen MR) is 147 cm³/mol. The van der Waals surface area contributed by atoms with Crippen molar-refractivity contribution in [2.45, 2.75) is 31.2 Å². The van der Waals surface area contributed by atoms with Gasteiger partial charge in [0.1, 0.15) is 11.6 Å². The fourth-order valence-electron chi connectivity index (χ4n) is 5.85. The summed E-state index contributed by atoms with van der Waals surface area (Å²) in [7, 11) is 0. The Morgan fingerprint density at radius 3 is 2.24 bits per heavy atom. The molecule has 0 radical (unpaired) electrons. The summed E-state index contributed by atoms with van der Waals surface area (Å²) in [6.45, 7) is 2.57. The minimum Gasteiger partial charge on any atom is -0.478 e. The first-order valence-electron chi connectivity index (χ1n) is 13.1. The van der Waals surface area contributed by atoms with E-state index in [2.05, 4.69) is 11.4 Å². The fraction of sp³-hybridized carbons (Fsp3) is 0.290. The van der Waals surface area contributed by atoms with Gasteiger partial charge in [-0.3, -0.25) is 4.79 Å². The SMILES string of the molecule is N#Cc1cc(CN2CCC(C3(c4ccc(F)cc4)CCNCC3)C2=O)c2cc(F)ccc2c1.O=C(O)/C=C/C(=O)O. The summed E-state index contributed by atoms with van der Waals surface area (Å²) in [5.74, 6) is -3.25. The van der Waals surface area contributed by atoms with Crippen molar-refractivity contribution in [3.63, 3.8) is 0 Å². The van der Waals surface area contributed by atoms with E-state index in [-0.39, 0.29) is 28.9 Å². The normalized spacial score (nSPS) is 18.1. The molecule has 0 saturated carbocycles. The summed E-state index contributed by atoms with van der Waals surface area (Å²) in [6.07, 6.45) is 3.48. The molecule has 212 valence electrons. The molecule has 0 bridgehead atoms. The van der Waals surface area contributed by atoms with Crippen LogP contribution in [0.5, 0.6) is 0 Å². The second-order valence-corrected chi connectivity index (χ2v) is 10.1. The van der Waals surface area contributed by atoms with E-state index in [1.165, 1.54) is 24.3 Å². The molecule has 0 aliphatic carbocycles. The Balaban J connectivity index is 0.000000426. The minimum atomic E-state index is -1.26. The second kappa shape index (κ2) is 12.7. The zero-order valence-corrected chi connectivity index (χ0v) is 22.1. The van der Waals surface area contributed by atoms with Crippen molar-refractivity contribution in [1.29, 1.82) is 5.26 Å². The van der Waals surface area contributed by atoms with Crippen LogP contribution in [0.25, 0.3) is 10.8 Å². The maximum absolute atomic E-state index is 14.0. The Morgan fingerprint density at radius 2 is 1.63 bits per heavy atom. The molecular formula is C31H29F2N3O5. The van der Waals surface area contributed by atoms with Gasteiger partial charge in [-0.05, 0) is 90.6 Å². The molecule has 0 spiro atoms. The molecule has 3 N–H and O–H groups in total. The minimum absolute atomic E-state index is 0.0770. The van der Waals surface area contributed by atoms with Gasteiger partial charge in [0.25, 0.3) is 0 Å². The zero-order valence-electron chi connectivity index (χ0n) is 22.1. The number of benzene rings is 3. The van der Waals surface area contributed by atoms with Gasteiger partial charge in [-0.1, -0.05) is 18.2 Å². The van der Waals surface area contributed by atoms with Crippen LogP contribution in [0.3, 0.4) is 0 Å². The highest BCUT2D eigenvalue weighted by molar-refractivity contribution is 5.90. The number of carboxylic acid groups (broad SMARTS) is 2. The zero-order chi connectivity index (χ0) is 29.6. The summed E-state index contributed by atoms with van der Waals surface area (Å²) in [4.78, 5) is 34.6. The highest BCUT2D eigenvalue weighted by Crippen LogP contribution is 2.45. The molecule has 2 heterocycles. The van der Waals surface area contributed by atoms with Crippen LogP contribution in [0.4, 0.5) is 8.78 Å². The number of nitrogens with zero attached hydrogens (tertiary/aromatic N) is 2. The number of rotatable bonds is 6. The number of nitrogens with one attached hydrogen (secondary N) is 1. The number of halogens is 2. The number of hydrogen-bond acceptors (Lipinski definition) is 5. The number of carbonyl (C=O) groups excluding carboxylic acids is 1. The quantitative estimate of drug-likeness (QED) is 0.381. The van der Waals surface area contributed by atoms with Crippen LogP contribution >= 0.6 is 0 Å². The molecule has 8 nitrogen and oxygen atoms in total. The van der Waals surface area contributed by atoms with Gasteiger partial charge in [0.05, 0.1) is 11.6 Å². The molecule has 2 aliphatic heterocycles. The Kier molecular flexibility index (Phi) is 9.10. The molecule has 2 saturated heterocycles. The number of likely N-dealkylation sites (tertiary alicyclic amines) is 1. The molecule has 2 aliphatic rings. The Bertz CT molecular complexity index is 1510. The average molecular weight is 562 g/mol. The van der Waals surface area contributed by atoms with Crippen molar-refractivity contribution in [2.75, 3.05) is 19.6 Å². The molecule has 5 rings (SSSR count). The molecular weight excluding hydrogens is 532 g/mol. The van der Waals surface area contributed by atoms with Crippen LogP contribution in [0.2, 0.25) is 0 Å². The van der Waals surface area contributed by atoms with Crippen molar-refractivity contribution in [2.24, 2.45) is 5.92 Å². The van der Waals surface area contributed by atoms with E-state index >= 15 is 0 Å². The van der Waals surface area contributed by atoms with E-state index in [0.29, 0.717) is 30.8 Å². The number of piperidine rings is 1. The lowest BCUT2D eigenvalue weighted by Crippen LogP contribution is -2.47. The van der Waals surface area contributed by atoms with E-state index in [9.17, 15) is 28.4 Å². The van der Waals surface area contributed by atoms with E-state index in [0.717, 1.165) is 54.3 Å². The maximum Gasteiger partial charge on any atom is 0.328 e. The van der Waals surface area contributed by atoms with Gasteiger partial charge in [0.2, 0.25) is 5.91 Å². The van der Waals surface area contributed by atoms with Crippen LogP contribution in [0, 0.1) is 28.9 Å². The van der Waals surface area contributed by atoms with Crippen LogP contribution in [-0.2, 0) is 26.3 Å². The Labute approximate surface area is 235 Å². The monoisotopic (exact) mass is 561 g/mol. The molecule has 41 heavy (non-hydrogen) atoms. The summed E-state index contributed by atoms with van der Waals surface area (Å²) in [5.41, 5.74) is 1.96. The maximum atomic E-state index is 14.0. The summed E-state index contributed by atoms with van der Waals surface area (Å²) >= 11 is 0. The van der Waals surface area contributed by atoms with Gasteiger partial charge in [0, 0.05) is 36.6 Å². The van der Waals surface area contributed by atoms with Gasteiger partial charge < -0.3 is 20.4 Å². The van der Waals surface area contributed by atoms with Crippen molar-refractivity contribution in [3.05, 3.63) is 95.1 Å². The standard InChI is InChI=1S/C27H25F2N3O.C4H4O4/c28-22-5-2-21(3-6-22)27(8-10-31-11-9-27)25-7-12-32(26(25)33)17-20-14-18(16-30)13-19-1-4-23(29)15-24(19)20;5-3(6)1-2-4(7)8/h1-6,13-15,25,31H,7-12,17H2;1-2H,(H,5,6)(H,7,8)/b;2-1+. The largest absolute Gasteiger partial charge is 0.478 e. The summed E-state index contributed by atoms with van der Waals surface area (Å²) in [6, 6.07) is 16.8. The molecule has 2 fully saturated rings. The van der Waals surface area contributed by atoms with Gasteiger partial charge in [-0.15, -0.1) is 0 Å². The summed E-state index contributed by atoms with van der Waals surface area (Å²) < 4.78 is 27.6. The summed E-state index contributed by atoms with van der Waals surface area (Å²) in [5, 5.41) is 30.0. The first-order valence-corrected chi connectivity index (χ1v) is 13.1. The molecule has 10 heteroatoms. The molecule has 0 aromatic heterocycles. The van der Waals surface area contributed by atoms with Crippen molar-refractivity contribution < 1.29 is 33.4 Å². The third-order valence-corrected chi connectivity index (χ3v) is 7.74. The smallest absolute Gasteiger partial charge is 0.328 e. The van der Waals surface area contributed by atoms with Crippen molar-refractivity contribution in [1.82, 2.24) is 10.2 Å². The lowest BCUT2D eigenvalue weighted by Gasteiger charge is -2.42. The van der Waals surface area contributed by atoms with E-state index in [4.69, 9.17) is 10.2 Å². The van der Waals surface area contributed by atoms with Gasteiger partial charge >= 0.3 is 11.9 Å². The van der Waals surface area contributed by atoms with Gasteiger partial charge in [0.15, 0.2) is 0 Å². The number of amides is 1. The number of aliphatic carboxylic acids is 2. The second-order valence-electron chi connectivity index (χ2n) is 10.1. The van der Waals surface area contributed by atoms with E-state index < -0.39 is 11.9 Å². The first kappa shape index (κ1) is 29.4. The lowest BCUT2D eigenvalue weighted by molar-refractivity contribution is -0.134. The highest BCUT2D eigenvalue weighted by atomic mass is 19.1. The molecule has 3 aromatic rings. The van der Waals surface area contributed by atoms with E-state index in [1.807, 2.05) is 17.0 Å². The Morgan fingerprint density at radius 1 is 1.00 bits per heavy atom. The fourth-order valence-corrected chi connectivity index (χ4v) is 5.85. The molecule has 3 aromatic carbocycles. The number of hydrogen-bond donors (Lipinski definition) is 3. The number of fused-ring (bicyclic) bond motifs is 1. The number of carbonyl (C=O) groups is 3. The topological polar surface area (TPSA) is 131 Å². The van der Waals surface area contributed by atoms with Gasteiger partial charge in [-0.2, -0.15) is 5.26 Å². The third-order valence-electron chi connectivity index (χ3n) is 7.74. The van der Waals surface area contributed by atoms with Crippen LogP contribution in [0.15, 0.2) is 66.7 Å². The number of carboxylic acids is 2. The predicted octanol–water partition coefficient (Wildman–Crippen LogP) is 4.37. The van der Waals surface area contributed by atoms with Crippen LogP contribution in [-0.4, -0.2) is 52.6 Å². The number of nitriles is 1. The highest BCUT2D eigenvalue weighted by Gasteiger charge is 2.49. The molecule has 1 unspecified atom stereocenters. The molecule has 1 amide bonds. The van der Waals surface area contributed by atoms with Crippen LogP contribution < -0.4 is 5.32 Å². The van der Waals surface area contributed by atoms with Gasteiger partial charge in [-0.25, -0.2) is 18.4 Å². The lowest BCUT2D eigenvalue weighted by atomic mass is 9.64. The van der Waals surface area contributed by atoms with E-state index in [1.54, 1.807) is 18.2 Å².